The molecule has 0 bridgehead atoms. The van der Waals surface area contributed by atoms with Crippen LogP contribution in [-0.2, 0) is 19.1 Å². The third kappa shape index (κ3) is 10.2. The van der Waals surface area contributed by atoms with Crippen LogP contribution >= 0.6 is 0 Å². The highest BCUT2D eigenvalue weighted by Gasteiger charge is 2.24. The largest absolute Gasteiger partial charge is 0.467 e. The number of unbranched alkanes of at least 4 members (excludes halogenated alkanes) is 6. The predicted molar refractivity (Wildman–Crippen MR) is 91.2 cm³/mol. The molecule has 0 aliphatic rings. The number of methoxy groups -OCH3 is 1. The van der Waals surface area contributed by atoms with Crippen LogP contribution in [0.4, 0.5) is 0 Å². The maximum atomic E-state index is 11.9. The monoisotopic (exact) mass is 344 g/mol. The van der Waals surface area contributed by atoms with E-state index in [1.807, 2.05) is 0 Å². The van der Waals surface area contributed by atoms with Crippen molar-refractivity contribution >= 4 is 17.8 Å². The van der Waals surface area contributed by atoms with E-state index < -0.39 is 30.6 Å². The molecule has 7 nitrogen and oxygen atoms in total. The fourth-order valence-electron chi connectivity index (χ4n) is 2.24. The quantitative estimate of drug-likeness (QED) is 0.345. The fraction of sp³-hybridized carbons (Fsp3) is 0.824. The molecule has 2 atom stereocenters. The molecule has 0 fully saturated rings. The SMILES string of the molecule is CCCCCCCCCC(=O)NC(C)C(=O)NC(CO)C(=O)OC. The number of amides is 2. The summed E-state index contributed by atoms with van der Waals surface area (Å²) in [6.45, 7) is 3.15. The van der Waals surface area contributed by atoms with Gasteiger partial charge in [-0.3, -0.25) is 9.59 Å². The highest BCUT2D eigenvalue weighted by molar-refractivity contribution is 5.90. The standard InChI is InChI=1S/C17H32N2O5/c1-4-5-6-7-8-9-10-11-15(21)18-13(2)16(22)19-14(12-20)17(23)24-3/h13-14,20H,4-12H2,1-3H3,(H,18,21)(H,19,22). The van der Waals surface area contributed by atoms with Crippen molar-refractivity contribution in [2.24, 2.45) is 0 Å². The number of nitrogens with one attached hydrogen (secondary N) is 2. The van der Waals surface area contributed by atoms with E-state index in [9.17, 15) is 14.4 Å². The molecule has 0 heterocycles. The lowest BCUT2D eigenvalue weighted by Gasteiger charge is -2.18. The smallest absolute Gasteiger partial charge is 0.330 e. The van der Waals surface area contributed by atoms with Crippen LogP contribution in [0.3, 0.4) is 0 Å². The molecule has 140 valence electrons. The molecule has 0 aromatic carbocycles. The van der Waals surface area contributed by atoms with Crippen LogP contribution in [0.5, 0.6) is 0 Å². The van der Waals surface area contributed by atoms with Gasteiger partial charge in [-0.2, -0.15) is 0 Å². The first-order valence-corrected chi connectivity index (χ1v) is 8.74. The van der Waals surface area contributed by atoms with Gasteiger partial charge in [-0.25, -0.2) is 4.79 Å². The second-order valence-corrected chi connectivity index (χ2v) is 5.93. The molecule has 2 amide bonds. The van der Waals surface area contributed by atoms with Crippen LogP contribution in [-0.4, -0.2) is 48.7 Å². The van der Waals surface area contributed by atoms with Crippen molar-refractivity contribution in [3.63, 3.8) is 0 Å². The molecule has 0 spiro atoms. The Morgan fingerprint density at radius 1 is 1.00 bits per heavy atom. The number of carbonyl (C=O) groups excluding carboxylic acids is 3. The Kier molecular flexibility index (Phi) is 12.8. The number of aliphatic hydroxyl groups excluding tert-OH is 1. The minimum Gasteiger partial charge on any atom is -0.467 e. The van der Waals surface area contributed by atoms with Gasteiger partial charge in [0.15, 0.2) is 6.04 Å². The minimum atomic E-state index is -1.12. The molecule has 2 unspecified atom stereocenters. The summed E-state index contributed by atoms with van der Waals surface area (Å²) in [5, 5.41) is 14.0. The Hall–Kier alpha value is -1.63. The van der Waals surface area contributed by atoms with Crippen LogP contribution in [0.25, 0.3) is 0 Å². The number of ether oxygens (including phenoxy) is 1. The first-order valence-electron chi connectivity index (χ1n) is 8.74. The molecule has 0 aromatic rings. The van der Waals surface area contributed by atoms with Crippen LogP contribution < -0.4 is 10.6 Å². The first-order chi connectivity index (χ1) is 11.5. The molecule has 0 aromatic heterocycles. The molecule has 3 N–H and O–H groups in total. The molecule has 0 aliphatic carbocycles. The zero-order valence-corrected chi connectivity index (χ0v) is 15.1. The van der Waals surface area contributed by atoms with Crippen molar-refractivity contribution in [3.05, 3.63) is 0 Å². The van der Waals surface area contributed by atoms with E-state index >= 15 is 0 Å². The number of rotatable bonds is 13. The summed E-state index contributed by atoms with van der Waals surface area (Å²) in [6, 6.07) is -1.90. The summed E-state index contributed by atoms with van der Waals surface area (Å²) in [6.07, 6.45) is 8.23. The summed E-state index contributed by atoms with van der Waals surface area (Å²) in [5.41, 5.74) is 0. The van der Waals surface area contributed by atoms with Gasteiger partial charge in [0.25, 0.3) is 0 Å². The summed E-state index contributed by atoms with van der Waals surface area (Å²) in [5.74, 6) is -1.45. The van der Waals surface area contributed by atoms with Crippen molar-refractivity contribution in [2.75, 3.05) is 13.7 Å². The first kappa shape index (κ1) is 22.4. The van der Waals surface area contributed by atoms with E-state index in [1.165, 1.54) is 39.7 Å². The van der Waals surface area contributed by atoms with Gasteiger partial charge >= 0.3 is 5.97 Å². The lowest BCUT2D eigenvalue weighted by Crippen LogP contribution is -2.51. The normalized spacial score (nSPS) is 13.0. The Labute approximate surface area is 144 Å². The van der Waals surface area contributed by atoms with Gasteiger partial charge in [0.05, 0.1) is 13.7 Å². The van der Waals surface area contributed by atoms with Crippen molar-refractivity contribution in [1.29, 1.82) is 0 Å². The summed E-state index contributed by atoms with van der Waals surface area (Å²) < 4.78 is 4.46. The number of carbonyl (C=O) groups is 3. The second kappa shape index (κ2) is 13.8. The van der Waals surface area contributed by atoms with Gasteiger partial charge in [0.1, 0.15) is 6.04 Å². The molecule has 7 heteroatoms. The zero-order chi connectivity index (χ0) is 18.4. The Bertz CT molecular complexity index is 387. The average Bonchev–Trinajstić information content (AvgIpc) is 2.57. The Morgan fingerprint density at radius 3 is 2.12 bits per heavy atom. The van der Waals surface area contributed by atoms with Gasteiger partial charge in [0.2, 0.25) is 11.8 Å². The van der Waals surface area contributed by atoms with E-state index in [-0.39, 0.29) is 5.91 Å². The number of hydrogen-bond acceptors (Lipinski definition) is 5. The number of esters is 1. The van der Waals surface area contributed by atoms with Crippen molar-refractivity contribution in [2.45, 2.75) is 77.3 Å². The Balaban J connectivity index is 3.95. The number of aliphatic hydroxyl groups is 1. The van der Waals surface area contributed by atoms with E-state index in [1.54, 1.807) is 0 Å². The van der Waals surface area contributed by atoms with Gasteiger partial charge < -0.3 is 20.5 Å². The molecular formula is C17H32N2O5. The Morgan fingerprint density at radius 2 is 1.58 bits per heavy atom. The van der Waals surface area contributed by atoms with Crippen LogP contribution in [0.15, 0.2) is 0 Å². The molecule has 0 aliphatic heterocycles. The van der Waals surface area contributed by atoms with E-state index in [0.29, 0.717) is 6.42 Å². The van der Waals surface area contributed by atoms with E-state index in [4.69, 9.17) is 5.11 Å². The van der Waals surface area contributed by atoms with E-state index in [2.05, 4.69) is 22.3 Å². The van der Waals surface area contributed by atoms with Crippen LogP contribution in [0, 0.1) is 0 Å². The average molecular weight is 344 g/mol. The zero-order valence-electron chi connectivity index (χ0n) is 15.1. The molecular weight excluding hydrogens is 312 g/mol. The molecule has 0 rings (SSSR count). The van der Waals surface area contributed by atoms with Crippen molar-refractivity contribution in [3.8, 4) is 0 Å². The fourth-order valence-corrected chi connectivity index (χ4v) is 2.24. The van der Waals surface area contributed by atoms with Gasteiger partial charge in [0, 0.05) is 6.42 Å². The molecule has 0 saturated carbocycles. The summed E-state index contributed by atoms with van der Waals surface area (Å²) >= 11 is 0. The third-order valence-electron chi connectivity index (χ3n) is 3.76. The molecule has 0 radical (unpaired) electrons. The van der Waals surface area contributed by atoms with Crippen molar-refractivity contribution < 1.29 is 24.2 Å². The minimum absolute atomic E-state index is 0.190. The lowest BCUT2D eigenvalue weighted by atomic mass is 10.1. The predicted octanol–water partition coefficient (Wildman–Crippen LogP) is 1.28. The third-order valence-corrected chi connectivity index (χ3v) is 3.76. The maximum absolute atomic E-state index is 11.9. The molecule has 24 heavy (non-hydrogen) atoms. The maximum Gasteiger partial charge on any atom is 0.330 e. The summed E-state index contributed by atoms with van der Waals surface area (Å²) in [7, 11) is 1.17. The van der Waals surface area contributed by atoms with Crippen LogP contribution in [0.2, 0.25) is 0 Å². The second-order valence-electron chi connectivity index (χ2n) is 5.93. The van der Waals surface area contributed by atoms with Gasteiger partial charge in [-0.05, 0) is 13.3 Å². The van der Waals surface area contributed by atoms with Crippen LogP contribution in [0.1, 0.15) is 65.2 Å². The summed E-state index contributed by atoms with van der Waals surface area (Å²) in [4.78, 5) is 35.0. The van der Waals surface area contributed by atoms with Gasteiger partial charge in [-0.15, -0.1) is 0 Å². The van der Waals surface area contributed by atoms with Gasteiger partial charge in [-0.1, -0.05) is 45.4 Å². The number of hydrogen-bond donors (Lipinski definition) is 3. The topological polar surface area (TPSA) is 105 Å². The van der Waals surface area contributed by atoms with Crippen molar-refractivity contribution in [1.82, 2.24) is 10.6 Å². The highest BCUT2D eigenvalue weighted by atomic mass is 16.5. The highest BCUT2D eigenvalue weighted by Crippen LogP contribution is 2.08. The van der Waals surface area contributed by atoms with E-state index in [0.717, 1.165) is 19.3 Å². The lowest BCUT2D eigenvalue weighted by molar-refractivity contribution is -0.146. The molecule has 0 saturated heterocycles.